The van der Waals surface area contributed by atoms with Crippen molar-refractivity contribution in [1.82, 2.24) is 0 Å². The molecule has 20 heavy (non-hydrogen) atoms. The fourth-order valence-electron chi connectivity index (χ4n) is 1.95. The lowest BCUT2D eigenvalue weighted by atomic mass is 10.1. The number of para-hydroxylation sites is 1. The third-order valence-electron chi connectivity index (χ3n) is 3.13. The zero-order chi connectivity index (χ0) is 14.5. The minimum Gasteiger partial charge on any atom is -0.489 e. The van der Waals surface area contributed by atoms with Crippen LogP contribution in [0.1, 0.15) is 18.1 Å². The SMILES string of the molecule is Cc1ccc(C)c(OC(C)CNc2ccccc2F)c1. The predicted molar refractivity (Wildman–Crippen MR) is 80.9 cm³/mol. The number of hydrogen-bond acceptors (Lipinski definition) is 2. The Morgan fingerprint density at radius 3 is 2.65 bits per heavy atom. The van der Waals surface area contributed by atoms with Crippen LogP contribution >= 0.6 is 0 Å². The van der Waals surface area contributed by atoms with Gasteiger partial charge in [0.2, 0.25) is 0 Å². The van der Waals surface area contributed by atoms with E-state index in [1.54, 1.807) is 12.1 Å². The van der Waals surface area contributed by atoms with E-state index in [2.05, 4.69) is 11.4 Å². The second-order valence-corrected chi connectivity index (χ2v) is 5.06. The van der Waals surface area contributed by atoms with Gasteiger partial charge >= 0.3 is 0 Å². The molecule has 0 aromatic heterocycles. The number of nitrogens with one attached hydrogen (secondary N) is 1. The average molecular weight is 273 g/mol. The van der Waals surface area contributed by atoms with Crippen LogP contribution in [0.3, 0.4) is 0 Å². The van der Waals surface area contributed by atoms with Gasteiger partial charge in [0.1, 0.15) is 17.7 Å². The van der Waals surface area contributed by atoms with Crippen LogP contribution in [0.4, 0.5) is 10.1 Å². The molecule has 0 amide bonds. The maximum atomic E-state index is 13.5. The van der Waals surface area contributed by atoms with E-state index in [0.717, 1.165) is 11.3 Å². The van der Waals surface area contributed by atoms with Crippen molar-refractivity contribution >= 4 is 5.69 Å². The molecule has 1 unspecified atom stereocenters. The maximum absolute atomic E-state index is 13.5. The maximum Gasteiger partial charge on any atom is 0.146 e. The first-order valence-electron chi connectivity index (χ1n) is 6.78. The number of anilines is 1. The number of rotatable bonds is 5. The molecule has 0 saturated heterocycles. The molecule has 2 aromatic rings. The molecule has 1 N–H and O–H groups in total. The summed E-state index contributed by atoms with van der Waals surface area (Å²) in [7, 11) is 0. The second-order valence-electron chi connectivity index (χ2n) is 5.06. The number of halogens is 1. The molecule has 1 atom stereocenters. The molecule has 2 aromatic carbocycles. The summed E-state index contributed by atoms with van der Waals surface area (Å²) in [6.07, 6.45) is -0.0462. The van der Waals surface area contributed by atoms with Crippen LogP contribution < -0.4 is 10.1 Å². The smallest absolute Gasteiger partial charge is 0.146 e. The van der Waals surface area contributed by atoms with Crippen molar-refractivity contribution in [3.8, 4) is 5.75 Å². The standard InChI is InChI=1S/C17H20FNO/c1-12-8-9-13(2)17(10-12)20-14(3)11-19-16-7-5-4-6-15(16)18/h4-10,14,19H,11H2,1-3H3. The molecular formula is C17H20FNO. The van der Waals surface area contributed by atoms with Crippen LogP contribution in [-0.4, -0.2) is 12.6 Å². The van der Waals surface area contributed by atoms with E-state index in [9.17, 15) is 4.39 Å². The van der Waals surface area contributed by atoms with Gasteiger partial charge in [0, 0.05) is 0 Å². The predicted octanol–water partition coefficient (Wildman–Crippen LogP) is 4.32. The highest BCUT2D eigenvalue weighted by atomic mass is 19.1. The van der Waals surface area contributed by atoms with E-state index in [4.69, 9.17) is 4.74 Å². The summed E-state index contributed by atoms with van der Waals surface area (Å²) in [5.41, 5.74) is 2.78. The van der Waals surface area contributed by atoms with Gasteiger partial charge in [-0.25, -0.2) is 4.39 Å². The van der Waals surface area contributed by atoms with Crippen LogP contribution in [0.2, 0.25) is 0 Å². The van der Waals surface area contributed by atoms with Crippen molar-refractivity contribution in [3.05, 3.63) is 59.4 Å². The lowest BCUT2D eigenvalue weighted by Crippen LogP contribution is -2.23. The van der Waals surface area contributed by atoms with Crippen molar-refractivity contribution in [3.63, 3.8) is 0 Å². The lowest BCUT2D eigenvalue weighted by molar-refractivity contribution is 0.233. The largest absolute Gasteiger partial charge is 0.489 e. The summed E-state index contributed by atoms with van der Waals surface area (Å²) in [4.78, 5) is 0. The third kappa shape index (κ3) is 3.73. The zero-order valence-electron chi connectivity index (χ0n) is 12.1. The van der Waals surface area contributed by atoms with Crippen molar-refractivity contribution in [2.45, 2.75) is 26.9 Å². The van der Waals surface area contributed by atoms with Gasteiger partial charge in [-0.05, 0) is 50.1 Å². The van der Waals surface area contributed by atoms with Crippen LogP contribution in [-0.2, 0) is 0 Å². The minimum atomic E-state index is -0.244. The molecular weight excluding hydrogens is 253 g/mol. The van der Waals surface area contributed by atoms with Gasteiger partial charge in [0.15, 0.2) is 0 Å². The first-order chi connectivity index (χ1) is 9.56. The first kappa shape index (κ1) is 14.4. The molecule has 3 heteroatoms. The molecule has 2 rings (SSSR count). The Morgan fingerprint density at radius 2 is 1.90 bits per heavy atom. The Labute approximate surface area is 119 Å². The molecule has 0 aliphatic heterocycles. The van der Waals surface area contributed by atoms with Crippen LogP contribution in [0, 0.1) is 19.7 Å². The normalized spacial score (nSPS) is 12.0. The molecule has 0 aliphatic rings. The Balaban J connectivity index is 1.94. The van der Waals surface area contributed by atoms with E-state index in [-0.39, 0.29) is 11.9 Å². The van der Waals surface area contributed by atoms with Crippen molar-refractivity contribution in [2.75, 3.05) is 11.9 Å². The van der Waals surface area contributed by atoms with E-state index < -0.39 is 0 Å². The van der Waals surface area contributed by atoms with Crippen LogP contribution in [0.25, 0.3) is 0 Å². The van der Waals surface area contributed by atoms with Crippen LogP contribution in [0.15, 0.2) is 42.5 Å². The van der Waals surface area contributed by atoms with Crippen molar-refractivity contribution in [1.29, 1.82) is 0 Å². The van der Waals surface area contributed by atoms with Crippen molar-refractivity contribution < 1.29 is 9.13 Å². The molecule has 0 saturated carbocycles. The monoisotopic (exact) mass is 273 g/mol. The fourth-order valence-corrected chi connectivity index (χ4v) is 1.95. The number of hydrogen-bond donors (Lipinski definition) is 1. The highest BCUT2D eigenvalue weighted by Crippen LogP contribution is 2.20. The number of benzene rings is 2. The average Bonchev–Trinajstić information content (AvgIpc) is 2.42. The van der Waals surface area contributed by atoms with Gasteiger partial charge in [-0.1, -0.05) is 24.3 Å². The summed E-state index contributed by atoms with van der Waals surface area (Å²) >= 11 is 0. The van der Waals surface area contributed by atoms with Crippen LogP contribution in [0.5, 0.6) is 5.75 Å². The first-order valence-corrected chi connectivity index (χ1v) is 6.78. The highest BCUT2D eigenvalue weighted by Gasteiger charge is 2.08. The quantitative estimate of drug-likeness (QED) is 0.876. The van der Waals surface area contributed by atoms with Crippen molar-refractivity contribution in [2.24, 2.45) is 0 Å². The fraction of sp³-hybridized carbons (Fsp3) is 0.294. The molecule has 0 fully saturated rings. The number of aryl methyl sites for hydroxylation is 2. The second kappa shape index (κ2) is 6.42. The molecule has 0 radical (unpaired) electrons. The lowest BCUT2D eigenvalue weighted by Gasteiger charge is -2.18. The summed E-state index contributed by atoms with van der Waals surface area (Å²) in [5.74, 6) is 0.638. The highest BCUT2D eigenvalue weighted by molar-refractivity contribution is 5.44. The molecule has 0 aliphatic carbocycles. The molecule has 0 bridgehead atoms. The third-order valence-corrected chi connectivity index (χ3v) is 3.13. The number of ether oxygens (including phenoxy) is 1. The Hall–Kier alpha value is -2.03. The van der Waals surface area contributed by atoms with E-state index in [1.807, 2.05) is 39.0 Å². The van der Waals surface area contributed by atoms with Gasteiger partial charge in [0.25, 0.3) is 0 Å². The summed E-state index contributed by atoms with van der Waals surface area (Å²) < 4.78 is 19.4. The van der Waals surface area contributed by atoms with E-state index in [0.29, 0.717) is 12.2 Å². The molecule has 0 spiro atoms. The summed E-state index contributed by atoms with van der Waals surface area (Å²) in [6.45, 7) is 6.57. The summed E-state index contributed by atoms with van der Waals surface area (Å²) in [6, 6.07) is 12.8. The van der Waals surface area contributed by atoms with E-state index in [1.165, 1.54) is 11.6 Å². The zero-order valence-corrected chi connectivity index (χ0v) is 12.1. The summed E-state index contributed by atoms with van der Waals surface area (Å²) in [5, 5.41) is 3.07. The van der Waals surface area contributed by atoms with E-state index >= 15 is 0 Å². The Bertz CT molecular complexity index is 583. The van der Waals surface area contributed by atoms with Gasteiger partial charge in [0.05, 0.1) is 12.2 Å². The molecule has 0 heterocycles. The minimum absolute atomic E-state index is 0.0462. The molecule has 2 nitrogen and oxygen atoms in total. The van der Waals surface area contributed by atoms with Gasteiger partial charge in [-0.15, -0.1) is 0 Å². The molecule has 106 valence electrons. The Kier molecular flexibility index (Phi) is 4.61. The van der Waals surface area contributed by atoms with Gasteiger partial charge in [-0.3, -0.25) is 0 Å². The topological polar surface area (TPSA) is 21.3 Å². The van der Waals surface area contributed by atoms with Gasteiger partial charge < -0.3 is 10.1 Å². The Morgan fingerprint density at radius 1 is 1.15 bits per heavy atom. The van der Waals surface area contributed by atoms with Gasteiger partial charge in [-0.2, -0.15) is 0 Å².